The van der Waals surface area contributed by atoms with Gasteiger partial charge in [0.05, 0.1) is 79.3 Å². The molecule has 1 aliphatic heterocycles. The lowest BCUT2D eigenvalue weighted by Gasteiger charge is -2.21. The summed E-state index contributed by atoms with van der Waals surface area (Å²) in [7, 11) is 0. The van der Waals surface area contributed by atoms with Crippen molar-refractivity contribution in [1.82, 2.24) is 0 Å². The second-order valence-electron chi connectivity index (χ2n) is 34.6. The minimum absolute atomic E-state index is 0.260. The van der Waals surface area contributed by atoms with E-state index >= 15 is 0 Å². The lowest BCUT2D eigenvalue weighted by molar-refractivity contribution is 0.0641. The third kappa shape index (κ3) is 33.6. The molecule has 14 nitrogen and oxygen atoms in total. The molecule has 14 heteroatoms. The third-order valence-electron chi connectivity index (χ3n) is 24.2. The average Bonchev–Trinajstić information content (AvgIpc) is 0.731. The molecule has 8 aromatic rings. The van der Waals surface area contributed by atoms with Crippen LogP contribution in [-0.4, -0.2) is 106 Å². The van der Waals surface area contributed by atoms with Crippen LogP contribution in [0, 0.1) is 0 Å². The van der Waals surface area contributed by atoms with E-state index in [2.05, 4.69) is 128 Å². The van der Waals surface area contributed by atoms with Gasteiger partial charge in [0.2, 0.25) is 0 Å². The molecular weight excluding hydrogens is 1520 g/mol. The summed E-state index contributed by atoms with van der Waals surface area (Å²) in [5.74, 6) is 8.55. The molecule has 680 valence electrons. The lowest BCUT2D eigenvalue weighted by atomic mass is 9.93. The van der Waals surface area contributed by atoms with Crippen molar-refractivity contribution in [3.8, 4) is 69.0 Å². The van der Waals surface area contributed by atoms with Crippen LogP contribution in [0.3, 0.4) is 0 Å². The van der Waals surface area contributed by atoms with Crippen molar-refractivity contribution in [2.45, 2.75) is 364 Å². The molecule has 0 aromatic heterocycles. The number of ether oxygens (including phenoxy) is 14. The molecular formula is C108H164O14. The molecule has 1 heterocycles. The largest absolute Gasteiger partial charge is 0.490 e. The van der Waals surface area contributed by atoms with Gasteiger partial charge in [-0.15, -0.1) is 0 Å². The predicted molar refractivity (Wildman–Crippen MR) is 513 cm³/mol. The molecule has 8 aromatic carbocycles. The summed E-state index contributed by atoms with van der Waals surface area (Å²) >= 11 is 0. The SMILES string of the molecule is CCCCCCCCOc1cc2c3cc(OCCCCCCCC)c(OCCCCCCCC)cc3c3cc4c(cc3c2cc1OCCCCCCCC)OCCOCCOc1cc2c3cc(OCCCCCCCC)c(OCCCCCCCC)cc3c3cc(OCCCCCCCC)c(OCCCCCCCC)cc3c2cc1OCCOCCO4. The zero-order valence-corrected chi connectivity index (χ0v) is 77.9. The Labute approximate surface area is 737 Å². The van der Waals surface area contributed by atoms with E-state index in [4.69, 9.17) is 66.3 Å². The fourth-order valence-corrected chi connectivity index (χ4v) is 16.9. The van der Waals surface area contributed by atoms with Crippen molar-refractivity contribution >= 4 is 64.6 Å². The van der Waals surface area contributed by atoms with Crippen molar-refractivity contribution in [3.63, 3.8) is 0 Å². The molecule has 0 bridgehead atoms. The van der Waals surface area contributed by atoms with Gasteiger partial charge in [-0.05, 0) is 189 Å². The van der Waals surface area contributed by atoms with Gasteiger partial charge in [-0.3, -0.25) is 0 Å². The van der Waals surface area contributed by atoms with Gasteiger partial charge in [0.15, 0.2) is 69.0 Å². The van der Waals surface area contributed by atoms with E-state index < -0.39 is 0 Å². The quantitative estimate of drug-likeness (QED) is 0.0265. The summed E-state index contributed by atoms with van der Waals surface area (Å²) in [6.45, 7) is 25.3. The smallest absolute Gasteiger partial charge is 0.161 e. The number of rotatable bonds is 64. The van der Waals surface area contributed by atoms with E-state index in [0.717, 1.165) is 213 Å². The monoisotopic (exact) mass is 1690 g/mol. The Morgan fingerprint density at radius 2 is 0.279 bits per heavy atom. The van der Waals surface area contributed by atoms with Crippen LogP contribution in [-0.2, 0) is 9.47 Å². The van der Waals surface area contributed by atoms with Gasteiger partial charge in [-0.25, -0.2) is 0 Å². The highest BCUT2D eigenvalue weighted by atomic mass is 16.6. The van der Waals surface area contributed by atoms with Gasteiger partial charge in [-0.1, -0.05) is 312 Å². The zero-order valence-electron chi connectivity index (χ0n) is 77.9. The number of hydrogen-bond acceptors (Lipinski definition) is 14. The minimum atomic E-state index is 0.260. The molecule has 0 saturated heterocycles. The Hall–Kier alpha value is -7.16. The second-order valence-corrected chi connectivity index (χ2v) is 34.6. The summed E-state index contributed by atoms with van der Waals surface area (Å²) in [6.07, 6.45) is 56.4. The van der Waals surface area contributed by atoms with Crippen LogP contribution in [0.2, 0.25) is 0 Å². The fraction of sp³-hybridized carbons (Fsp3) is 0.667. The van der Waals surface area contributed by atoms with Gasteiger partial charge in [0.25, 0.3) is 0 Å². The van der Waals surface area contributed by atoms with Crippen LogP contribution in [0.5, 0.6) is 69.0 Å². The van der Waals surface area contributed by atoms with E-state index in [9.17, 15) is 0 Å². The Balaban J connectivity index is 1.09. The molecule has 0 spiro atoms. The van der Waals surface area contributed by atoms with E-state index in [1.165, 1.54) is 205 Å². The van der Waals surface area contributed by atoms with Gasteiger partial charge >= 0.3 is 0 Å². The maximum atomic E-state index is 6.91. The Morgan fingerprint density at radius 3 is 0.418 bits per heavy atom. The molecule has 0 aliphatic carbocycles. The number of hydrogen-bond donors (Lipinski definition) is 0. The van der Waals surface area contributed by atoms with Crippen LogP contribution in [0.4, 0.5) is 0 Å². The van der Waals surface area contributed by atoms with Crippen molar-refractivity contribution < 1.29 is 66.3 Å². The van der Waals surface area contributed by atoms with Crippen LogP contribution in [0.25, 0.3) is 64.6 Å². The average molecular weight is 1690 g/mol. The second kappa shape index (κ2) is 60.5. The number of unbranched alkanes of at least 4 members (excludes halogenated alkanes) is 40. The Bertz CT molecular complexity index is 3640. The van der Waals surface area contributed by atoms with Crippen LogP contribution in [0.15, 0.2) is 72.8 Å². The van der Waals surface area contributed by atoms with Crippen LogP contribution < -0.4 is 56.8 Å². The first kappa shape index (κ1) is 98.6. The van der Waals surface area contributed by atoms with Crippen molar-refractivity contribution in [2.75, 3.05) is 106 Å². The first-order valence-electron chi connectivity index (χ1n) is 50.2. The summed E-state index contributed by atoms with van der Waals surface area (Å²) in [4.78, 5) is 0. The highest BCUT2D eigenvalue weighted by molar-refractivity contribution is 6.28. The molecule has 0 atom stereocenters. The topological polar surface area (TPSA) is 129 Å². The zero-order chi connectivity index (χ0) is 85.5. The molecule has 9 rings (SSSR count). The summed E-state index contributed by atoms with van der Waals surface area (Å²) in [5.41, 5.74) is 0. The van der Waals surface area contributed by atoms with Crippen LogP contribution in [0.1, 0.15) is 364 Å². The van der Waals surface area contributed by atoms with Gasteiger partial charge < -0.3 is 66.3 Å². The highest BCUT2D eigenvalue weighted by Crippen LogP contribution is 2.50. The predicted octanol–water partition coefficient (Wildman–Crippen LogP) is 31.8. The van der Waals surface area contributed by atoms with Crippen LogP contribution >= 0.6 is 0 Å². The first-order chi connectivity index (χ1) is 60.4. The lowest BCUT2D eigenvalue weighted by Crippen LogP contribution is -2.15. The summed E-state index contributed by atoms with van der Waals surface area (Å²) < 4.78 is 95.9. The van der Waals surface area contributed by atoms with Gasteiger partial charge in [-0.2, -0.15) is 0 Å². The van der Waals surface area contributed by atoms with E-state index in [0.29, 0.717) is 102 Å². The maximum Gasteiger partial charge on any atom is 0.161 e. The molecule has 0 amide bonds. The molecule has 122 heavy (non-hydrogen) atoms. The summed E-state index contributed by atoms with van der Waals surface area (Å²) in [5, 5.41) is 12.3. The standard InChI is InChI=1S/C108H164O14/c1-9-17-25-33-41-49-57-111-97-73-85-86-74-98(112-58-50-42-34-26-18-10-2)102(116-62-54-46-38-30-22-14-6)78-90(86)94-82-106-105(81-93(94)89(85)77-101(97)115-61-53-45-37-29-21-13-5)119-69-65-109-67-71-121-107-83-95-91-79-103(117-63-55-47-39-31-23-15-7)99(113-59-51-43-35-27-19-11-3)75-87(91)88-76-100(114-60-52-44-36-28-20-12-4)104(118-64-56-48-40-32-24-16-8)80-92(88)96(95)84-108(107)122-72-68-110-66-70-120-106/h73-84H,9-72H2,1-8H3. The highest BCUT2D eigenvalue weighted by Gasteiger charge is 2.25. The minimum Gasteiger partial charge on any atom is -0.490 e. The molecule has 0 fully saturated rings. The van der Waals surface area contributed by atoms with Gasteiger partial charge in [0, 0.05) is 0 Å². The Morgan fingerprint density at radius 1 is 0.156 bits per heavy atom. The fourth-order valence-electron chi connectivity index (χ4n) is 16.9. The van der Waals surface area contributed by atoms with Gasteiger partial charge in [0.1, 0.15) is 26.4 Å². The maximum absolute atomic E-state index is 6.91. The van der Waals surface area contributed by atoms with E-state index in [1.54, 1.807) is 0 Å². The molecule has 1 aliphatic rings. The van der Waals surface area contributed by atoms with E-state index in [1.807, 2.05) is 0 Å². The van der Waals surface area contributed by atoms with Crippen molar-refractivity contribution in [2.24, 2.45) is 0 Å². The van der Waals surface area contributed by atoms with E-state index in [-0.39, 0.29) is 26.4 Å². The molecule has 0 unspecified atom stereocenters. The number of fused-ring (bicyclic) bond motifs is 14. The molecule has 0 radical (unpaired) electrons. The first-order valence-corrected chi connectivity index (χ1v) is 50.2. The molecule has 0 saturated carbocycles. The third-order valence-corrected chi connectivity index (χ3v) is 24.2. The normalized spacial score (nSPS) is 13.0. The molecule has 0 N–H and O–H groups in total. The number of benzene rings is 8. The Kier molecular flexibility index (Phi) is 48.9. The van der Waals surface area contributed by atoms with Crippen molar-refractivity contribution in [1.29, 1.82) is 0 Å². The summed E-state index contributed by atoms with van der Waals surface area (Å²) in [6, 6.07) is 26.5. The van der Waals surface area contributed by atoms with Crippen molar-refractivity contribution in [3.05, 3.63) is 72.8 Å².